The van der Waals surface area contributed by atoms with E-state index in [1.807, 2.05) is 6.07 Å². The van der Waals surface area contributed by atoms with Crippen LogP contribution in [0.15, 0.2) is 30.3 Å². The summed E-state index contributed by atoms with van der Waals surface area (Å²) in [4.78, 5) is 0. The zero-order valence-corrected chi connectivity index (χ0v) is 11.8. The van der Waals surface area contributed by atoms with E-state index in [-0.39, 0.29) is 0 Å². The van der Waals surface area contributed by atoms with Crippen molar-refractivity contribution in [3.8, 4) is 11.5 Å². The number of benzene rings is 2. The minimum Gasteiger partial charge on any atom is -0.457 e. The van der Waals surface area contributed by atoms with Crippen LogP contribution in [-0.4, -0.2) is 0 Å². The Hall–Kier alpha value is -1.76. The smallest absolute Gasteiger partial charge is 0.133 e. The monoisotopic (exact) mass is 240 g/mol. The summed E-state index contributed by atoms with van der Waals surface area (Å²) in [6.45, 7) is 10.5. The van der Waals surface area contributed by atoms with E-state index in [1.54, 1.807) is 0 Å². The van der Waals surface area contributed by atoms with Crippen molar-refractivity contribution in [2.24, 2.45) is 0 Å². The van der Waals surface area contributed by atoms with E-state index in [1.165, 1.54) is 27.8 Å². The first-order valence-electron chi connectivity index (χ1n) is 6.30. The molecule has 1 heteroatoms. The van der Waals surface area contributed by atoms with Crippen LogP contribution in [-0.2, 0) is 0 Å². The summed E-state index contributed by atoms with van der Waals surface area (Å²) in [7, 11) is 0. The first-order valence-corrected chi connectivity index (χ1v) is 6.30. The number of ether oxygens (including phenoxy) is 1. The maximum absolute atomic E-state index is 6.08. The average Bonchev–Trinajstić information content (AvgIpc) is 2.25. The van der Waals surface area contributed by atoms with Gasteiger partial charge in [0.25, 0.3) is 0 Å². The fourth-order valence-corrected chi connectivity index (χ4v) is 2.35. The molecule has 0 atom stereocenters. The topological polar surface area (TPSA) is 9.23 Å². The Morgan fingerprint density at radius 2 is 1.22 bits per heavy atom. The van der Waals surface area contributed by atoms with Gasteiger partial charge in [0.1, 0.15) is 11.5 Å². The third-order valence-electron chi connectivity index (χ3n) is 3.15. The Kier molecular flexibility index (Phi) is 3.42. The second-order valence-electron chi connectivity index (χ2n) is 5.10. The lowest BCUT2D eigenvalue weighted by Crippen LogP contribution is -1.94. The maximum Gasteiger partial charge on any atom is 0.133 e. The minimum atomic E-state index is 0.940. The molecule has 0 N–H and O–H groups in total. The molecule has 0 aromatic heterocycles. The molecular weight excluding hydrogens is 220 g/mol. The maximum atomic E-state index is 6.08. The average molecular weight is 240 g/mol. The van der Waals surface area contributed by atoms with Gasteiger partial charge in [-0.3, -0.25) is 0 Å². The highest BCUT2D eigenvalue weighted by atomic mass is 16.5. The molecule has 1 nitrogen and oxygen atoms in total. The van der Waals surface area contributed by atoms with Crippen LogP contribution in [0, 0.1) is 34.6 Å². The van der Waals surface area contributed by atoms with E-state index < -0.39 is 0 Å². The summed E-state index contributed by atoms with van der Waals surface area (Å²) >= 11 is 0. The van der Waals surface area contributed by atoms with Crippen molar-refractivity contribution in [1.82, 2.24) is 0 Å². The quantitative estimate of drug-likeness (QED) is 0.716. The van der Waals surface area contributed by atoms with Gasteiger partial charge in [0.2, 0.25) is 0 Å². The molecule has 0 aliphatic rings. The highest BCUT2D eigenvalue weighted by Crippen LogP contribution is 2.31. The SMILES string of the molecule is Cc1ccc(Oc2c(C)cc(C)cc2C)c(C)c1. The fourth-order valence-electron chi connectivity index (χ4n) is 2.35. The lowest BCUT2D eigenvalue weighted by molar-refractivity contribution is 0.471. The molecule has 2 rings (SSSR count). The molecule has 0 fully saturated rings. The Balaban J connectivity index is 2.40. The van der Waals surface area contributed by atoms with Crippen LogP contribution < -0.4 is 4.74 Å². The molecule has 94 valence electrons. The predicted molar refractivity (Wildman–Crippen MR) is 76.6 cm³/mol. The molecule has 2 aromatic rings. The highest BCUT2D eigenvalue weighted by molar-refractivity contribution is 5.47. The van der Waals surface area contributed by atoms with E-state index in [0.717, 1.165) is 11.5 Å². The number of hydrogen-bond donors (Lipinski definition) is 0. The van der Waals surface area contributed by atoms with E-state index >= 15 is 0 Å². The van der Waals surface area contributed by atoms with Gasteiger partial charge in [0.15, 0.2) is 0 Å². The second kappa shape index (κ2) is 4.85. The van der Waals surface area contributed by atoms with Crippen LogP contribution in [0.25, 0.3) is 0 Å². The molecule has 0 spiro atoms. The Bertz CT molecular complexity index is 559. The van der Waals surface area contributed by atoms with Crippen LogP contribution in [0.4, 0.5) is 0 Å². The summed E-state index contributed by atoms with van der Waals surface area (Å²) in [6.07, 6.45) is 0. The summed E-state index contributed by atoms with van der Waals surface area (Å²) in [5.74, 6) is 1.92. The van der Waals surface area contributed by atoms with Gasteiger partial charge in [0, 0.05) is 0 Å². The van der Waals surface area contributed by atoms with Gasteiger partial charge in [-0.2, -0.15) is 0 Å². The third-order valence-corrected chi connectivity index (χ3v) is 3.15. The van der Waals surface area contributed by atoms with Crippen molar-refractivity contribution < 1.29 is 4.74 Å². The lowest BCUT2D eigenvalue weighted by Gasteiger charge is -2.14. The molecule has 0 amide bonds. The van der Waals surface area contributed by atoms with Crippen LogP contribution in [0.5, 0.6) is 11.5 Å². The van der Waals surface area contributed by atoms with Gasteiger partial charge in [-0.15, -0.1) is 0 Å². The van der Waals surface area contributed by atoms with Gasteiger partial charge >= 0.3 is 0 Å². The molecule has 0 heterocycles. The Morgan fingerprint density at radius 1 is 0.667 bits per heavy atom. The summed E-state index contributed by atoms with van der Waals surface area (Å²) < 4.78 is 6.08. The molecular formula is C17H20O. The fraction of sp³-hybridized carbons (Fsp3) is 0.294. The first-order chi connectivity index (χ1) is 8.47. The van der Waals surface area contributed by atoms with Gasteiger partial charge in [-0.25, -0.2) is 0 Å². The van der Waals surface area contributed by atoms with E-state index in [0.29, 0.717) is 0 Å². The Labute approximate surface area is 109 Å². The van der Waals surface area contributed by atoms with Gasteiger partial charge in [-0.1, -0.05) is 35.4 Å². The zero-order valence-electron chi connectivity index (χ0n) is 11.8. The largest absolute Gasteiger partial charge is 0.457 e. The van der Waals surface area contributed by atoms with Crippen LogP contribution in [0.3, 0.4) is 0 Å². The molecule has 0 aliphatic heterocycles. The van der Waals surface area contributed by atoms with Crippen molar-refractivity contribution in [3.05, 3.63) is 58.1 Å². The summed E-state index contributed by atoms with van der Waals surface area (Å²) in [5.41, 5.74) is 6.09. The lowest BCUT2D eigenvalue weighted by atomic mass is 10.1. The van der Waals surface area contributed by atoms with Crippen molar-refractivity contribution >= 4 is 0 Å². The molecule has 0 aliphatic carbocycles. The van der Waals surface area contributed by atoms with Crippen molar-refractivity contribution in [1.29, 1.82) is 0 Å². The number of rotatable bonds is 2. The van der Waals surface area contributed by atoms with E-state index in [9.17, 15) is 0 Å². The van der Waals surface area contributed by atoms with Crippen LogP contribution in [0.2, 0.25) is 0 Å². The first kappa shape index (κ1) is 12.7. The molecule has 0 bridgehead atoms. The van der Waals surface area contributed by atoms with E-state index in [2.05, 4.69) is 58.9 Å². The molecule has 18 heavy (non-hydrogen) atoms. The van der Waals surface area contributed by atoms with Crippen molar-refractivity contribution in [2.45, 2.75) is 34.6 Å². The molecule has 2 aromatic carbocycles. The number of hydrogen-bond acceptors (Lipinski definition) is 1. The summed E-state index contributed by atoms with van der Waals surface area (Å²) in [5, 5.41) is 0. The standard InChI is InChI=1S/C17H20O/c1-11-6-7-16(13(3)8-11)18-17-14(4)9-12(2)10-15(17)5/h6-10H,1-5H3. The van der Waals surface area contributed by atoms with Crippen LogP contribution in [0.1, 0.15) is 27.8 Å². The number of aryl methyl sites for hydroxylation is 5. The zero-order chi connectivity index (χ0) is 13.3. The van der Waals surface area contributed by atoms with Crippen LogP contribution >= 0.6 is 0 Å². The second-order valence-corrected chi connectivity index (χ2v) is 5.10. The molecule has 0 radical (unpaired) electrons. The van der Waals surface area contributed by atoms with Gasteiger partial charge in [-0.05, 0) is 57.4 Å². The van der Waals surface area contributed by atoms with Crippen molar-refractivity contribution in [3.63, 3.8) is 0 Å². The predicted octanol–water partition coefficient (Wildman–Crippen LogP) is 5.02. The minimum absolute atomic E-state index is 0.940. The summed E-state index contributed by atoms with van der Waals surface area (Å²) in [6, 6.07) is 10.6. The molecule has 0 saturated carbocycles. The van der Waals surface area contributed by atoms with Gasteiger partial charge < -0.3 is 4.74 Å². The molecule has 0 unspecified atom stereocenters. The van der Waals surface area contributed by atoms with Crippen molar-refractivity contribution in [2.75, 3.05) is 0 Å². The van der Waals surface area contributed by atoms with E-state index in [4.69, 9.17) is 4.74 Å². The Morgan fingerprint density at radius 3 is 1.78 bits per heavy atom. The third kappa shape index (κ3) is 2.56. The normalized spacial score (nSPS) is 10.5. The van der Waals surface area contributed by atoms with Gasteiger partial charge in [0.05, 0.1) is 0 Å². The highest BCUT2D eigenvalue weighted by Gasteiger charge is 2.08. The molecule has 0 saturated heterocycles.